The van der Waals surface area contributed by atoms with E-state index >= 15 is 0 Å². The zero-order chi connectivity index (χ0) is 18.1. The van der Waals surface area contributed by atoms with Crippen LogP contribution in [0.15, 0.2) is 49.1 Å². The average molecular weight is 344 g/mol. The third-order valence-electron chi connectivity index (χ3n) is 3.64. The molecule has 0 aliphatic carbocycles. The maximum absolute atomic E-state index is 11.6. The predicted octanol–water partition coefficient (Wildman–Crippen LogP) is 1.71. The monoisotopic (exact) mass is 344 g/mol. The molecule has 0 amide bonds. The number of pyridine rings is 2. The molecule has 0 radical (unpaired) electrons. The molecule has 2 heterocycles. The summed E-state index contributed by atoms with van der Waals surface area (Å²) in [5.41, 5.74) is 1.11. The van der Waals surface area contributed by atoms with Gasteiger partial charge in [0.25, 0.3) is 0 Å². The van der Waals surface area contributed by atoms with Gasteiger partial charge in [-0.3, -0.25) is 0 Å². The van der Waals surface area contributed by atoms with Crippen molar-refractivity contribution in [3.05, 3.63) is 60.2 Å². The maximum atomic E-state index is 11.6. The number of aryl methyl sites for hydroxylation is 2. The first-order chi connectivity index (χ1) is 12.1. The van der Waals surface area contributed by atoms with Crippen molar-refractivity contribution >= 4 is 11.9 Å². The van der Waals surface area contributed by atoms with E-state index in [-0.39, 0.29) is 11.9 Å². The highest BCUT2D eigenvalue weighted by molar-refractivity contribution is 5.89. The summed E-state index contributed by atoms with van der Waals surface area (Å²) >= 11 is 0. The summed E-state index contributed by atoms with van der Waals surface area (Å²) in [6, 6.07) is 7.05. The zero-order valence-corrected chi connectivity index (χ0v) is 14.7. The second-order valence-electron chi connectivity index (χ2n) is 5.44. The second kappa shape index (κ2) is 9.52. The first-order valence-electron chi connectivity index (χ1n) is 8.46. The van der Waals surface area contributed by atoms with E-state index in [1.54, 1.807) is 38.1 Å². The van der Waals surface area contributed by atoms with Crippen LogP contribution in [0.25, 0.3) is 0 Å². The first kappa shape index (κ1) is 18.6. The van der Waals surface area contributed by atoms with Crippen molar-refractivity contribution < 1.29 is 28.2 Å². The van der Waals surface area contributed by atoms with E-state index in [9.17, 15) is 9.59 Å². The second-order valence-corrected chi connectivity index (χ2v) is 5.44. The zero-order valence-electron chi connectivity index (χ0n) is 14.7. The number of hydrogen-bond acceptors (Lipinski definition) is 4. The third kappa shape index (κ3) is 5.67. The molecule has 6 heteroatoms. The van der Waals surface area contributed by atoms with Crippen molar-refractivity contribution in [2.45, 2.75) is 33.4 Å². The summed E-state index contributed by atoms with van der Waals surface area (Å²) in [4.78, 5) is 23.2. The Balaban J connectivity index is 1.82. The summed E-state index contributed by atoms with van der Waals surface area (Å²) in [6.45, 7) is 5.99. The lowest BCUT2D eigenvalue weighted by molar-refractivity contribution is -0.726. The number of aromatic nitrogens is 2. The van der Waals surface area contributed by atoms with Crippen LogP contribution in [0.1, 0.15) is 41.0 Å². The highest BCUT2D eigenvalue weighted by atomic mass is 16.5. The number of ether oxygens (including phenoxy) is 2. The van der Waals surface area contributed by atoms with Crippen LogP contribution in [0.2, 0.25) is 0 Å². The molecule has 0 saturated heterocycles. The van der Waals surface area contributed by atoms with E-state index in [2.05, 4.69) is 0 Å². The molecule has 0 aliphatic heterocycles. The number of hydrogen-bond donors (Lipinski definition) is 0. The fourth-order valence-electron chi connectivity index (χ4n) is 2.35. The molecular formula is C19H24N2O4+2. The van der Waals surface area contributed by atoms with Gasteiger partial charge in [0.15, 0.2) is 37.9 Å². The molecule has 0 aliphatic rings. The normalized spacial score (nSPS) is 10.3. The van der Waals surface area contributed by atoms with Gasteiger partial charge < -0.3 is 9.47 Å². The van der Waals surface area contributed by atoms with Gasteiger partial charge in [0.2, 0.25) is 0 Å². The summed E-state index contributed by atoms with van der Waals surface area (Å²) < 4.78 is 14.0. The van der Waals surface area contributed by atoms with Crippen molar-refractivity contribution in [2.24, 2.45) is 0 Å². The smallest absolute Gasteiger partial charge is 0.338 e. The third-order valence-corrected chi connectivity index (χ3v) is 3.64. The number of carbonyl (C=O) groups excluding carboxylic acids is 2. The maximum Gasteiger partial charge on any atom is 0.338 e. The highest BCUT2D eigenvalue weighted by Gasteiger charge is 2.11. The van der Waals surface area contributed by atoms with Gasteiger partial charge in [0.05, 0.1) is 30.8 Å². The van der Waals surface area contributed by atoms with E-state index in [1.165, 1.54) is 0 Å². The van der Waals surface area contributed by atoms with Crippen LogP contribution in [-0.2, 0) is 22.6 Å². The van der Waals surface area contributed by atoms with E-state index < -0.39 is 0 Å². The molecule has 0 fully saturated rings. The van der Waals surface area contributed by atoms with Gasteiger partial charge in [0, 0.05) is 24.3 Å². The van der Waals surface area contributed by atoms with Gasteiger partial charge in [0.1, 0.15) is 0 Å². The molecule has 2 rings (SSSR count). The predicted molar refractivity (Wildman–Crippen MR) is 89.8 cm³/mol. The lowest BCUT2D eigenvalue weighted by Crippen LogP contribution is -2.38. The lowest BCUT2D eigenvalue weighted by atomic mass is 10.2. The quantitative estimate of drug-likeness (QED) is 0.540. The Bertz CT molecular complexity index is 635. The summed E-state index contributed by atoms with van der Waals surface area (Å²) in [7, 11) is 0. The number of esters is 2. The average Bonchev–Trinajstić information content (AvgIpc) is 2.63. The molecule has 2 aromatic rings. The Kier molecular flexibility index (Phi) is 7.07. The van der Waals surface area contributed by atoms with Gasteiger partial charge in [-0.15, -0.1) is 0 Å². The van der Waals surface area contributed by atoms with Crippen LogP contribution in [0, 0.1) is 0 Å². The van der Waals surface area contributed by atoms with Gasteiger partial charge in [-0.1, -0.05) is 0 Å². The number of rotatable bonds is 8. The van der Waals surface area contributed by atoms with E-state index in [0.717, 1.165) is 19.5 Å². The molecule has 132 valence electrons. The van der Waals surface area contributed by atoms with Crippen molar-refractivity contribution in [1.29, 1.82) is 0 Å². The highest BCUT2D eigenvalue weighted by Crippen LogP contribution is 2.00. The molecular weight excluding hydrogens is 320 g/mol. The van der Waals surface area contributed by atoms with Crippen LogP contribution in [0.4, 0.5) is 0 Å². The molecule has 0 atom stereocenters. The molecule has 0 saturated carbocycles. The molecule has 0 spiro atoms. The van der Waals surface area contributed by atoms with E-state index in [1.807, 2.05) is 33.9 Å². The molecule has 0 N–H and O–H groups in total. The van der Waals surface area contributed by atoms with Gasteiger partial charge in [-0.05, 0) is 13.8 Å². The summed E-state index contributed by atoms with van der Waals surface area (Å²) in [5, 5.41) is 0. The fraction of sp³-hybridized carbons (Fsp3) is 0.368. The standard InChI is InChI=1S/C19H24N2O4/c1-3-24-18(22)16-6-12-20(13-7-16)10-5-11-21-14-8-17(9-15-21)19(23)25-4-2/h6-9,12-15H,3-5,10-11H2,1-2H3/q+2. The molecule has 0 bridgehead atoms. The molecule has 6 nitrogen and oxygen atoms in total. The van der Waals surface area contributed by atoms with E-state index in [0.29, 0.717) is 24.3 Å². The van der Waals surface area contributed by atoms with Crippen LogP contribution in [0.5, 0.6) is 0 Å². The van der Waals surface area contributed by atoms with Crippen molar-refractivity contribution in [3.63, 3.8) is 0 Å². The summed E-state index contributed by atoms with van der Waals surface area (Å²) in [5.74, 6) is -0.598. The Morgan fingerprint density at radius 2 is 1.12 bits per heavy atom. The Labute approximate surface area is 147 Å². The first-order valence-corrected chi connectivity index (χ1v) is 8.46. The number of nitrogens with zero attached hydrogens (tertiary/aromatic N) is 2. The van der Waals surface area contributed by atoms with E-state index in [4.69, 9.17) is 9.47 Å². The Morgan fingerprint density at radius 3 is 1.44 bits per heavy atom. The molecule has 2 aromatic heterocycles. The minimum absolute atomic E-state index is 0.299. The van der Waals surface area contributed by atoms with Gasteiger partial charge in [-0.25, -0.2) is 18.7 Å². The van der Waals surface area contributed by atoms with Crippen LogP contribution >= 0.6 is 0 Å². The molecule has 0 aromatic carbocycles. The molecule has 0 unspecified atom stereocenters. The topological polar surface area (TPSA) is 60.4 Å². The fourth-order valence-corrected chi connectivity index (χ4v) is 2.35. The minimum atomic E-state index is -0.299. The minimum Gasteiger partial charge on any atom is -0.462 e. The van der Waals surface area contributed by atoms with Gasteiger partial charge in [-0.2, -0.15) is 0 Å². The van der Waals surface area contributed by atoms with Crippen molar-refractivity contribution in [3.8, 4) is 0 Å². The SMILES string of the molecule is CCOC(=O)c1cc[n+](CCC[n+]2ccc(C(=O)OCC)cc2)cc1. The lowest BCUT2D eigenvalue weighted by Gasteiger charge is -2.01. The van der Waals surface area contributed by atoms with Crippen molar-refractivity contribution in [2.75, 3.05) is 13.2 Å². The summed E-state index contributed by atoms with van der Waals surface area (Å²) in [6.07, 6.45) is 8.43. The largest absolute Gasteiger partial charge is 0.462 e. The van der Waals surface area contributed by atoms with Crippen molar-refractivity contribution in [1.82, 2.24) is 0 Å². The molecule has 25 heavy (non-hydrogen) atoms. The van der Waals surface area contributed by atoms with Crippen LogP contribution in [0.3, 0.4) is 0 Å². The number of carbonyl (C=O) groups is 2. The van der Waals surface area contributed by atoms with Gasteiger partial charge >= 0.3 is 11.9 Å². The Morgan fingerprint density at radius 1 is 0.760 bits per heavy atom. The van der Waals surface area contributed by atoms with Crippen LogP contribution in [-0.4, -0.2) is 25.2 Å². The van der Waals surface area contributed by atoms with Crippen LogP contribution < -0.4 is 9.13 Å². The Hall–Kier alpha value is -2.76.